The smallest absolute Gasteiger partial charge is 0.240 e. The lowest BCUT2D eigenvalue weighted by molar-refractivity contribution is 0.325. The van der Waals surface area contributed by atoms with Crippen LogP contribution in [-0.4, -0.2) is 28.0 Å². The molecule has 0 aromatic heterocycles. The summed E-state index contributed by atoms with van der Waals surface area (Å²) in [4.78, 5) is 0.122. The molecule has 0 spiro atoms. The first kappa shape index (κ1) is 12.7. The topological polar surface area (TPSA) is 79.2 Å². The van der Waals surface area contributed by atoms with Gasteiger partial charge in [-0.15, -0.1) is 0 Å². The molecule has 0 amide bonds. The molecule has 5 nitrogen and oxygen atoms in total. The number of ether oxygens (including phenoxy) is 1. The second-order valence-corrected chi connectivity index (χ2v) is 4.88. The summed E-state index contributed by atoms with van der Waals surface area (Å²) in [5.41, 5.74) is 0.443. The van der Waals surface area contributed by atoms with Gasteiger partial charge in [0.2, 0.25) is 15.9 Å². The third-order valence-corrected chi connectivity index (χ3v) is 3.38. The fourth-order valence-corrected chi connectivity index (χ4v) is 1.93. The van der Waals surface area contributed by atoms with E-state index in [-0.39, 0.29) is 10.8 Å². The third kappa shape index (κ3) is 2.80. The van der Waals surface area contributed by atoms with E-state index in [1.807, 2.05) is 0 Å². The van der Waals surface area contributed by atoms with E-state index in [4.69, 9.17) is 10.1 Å². The molecule has 1 aromatic carbocycles. The van der Waals surface area contributed by atoms with Crippen LogP contribution in [-0.2, 0) is 14.8 Å². The highest BCUT2D eigenvalue weighted by atomic mass is 32.2. The standard InChI is InChI=1S/C10H14N2O3S/c1-3-15-10(11)8-5-4-6-9(7-8)16(13,14)12-2/h4-7,11-12H,3H2,1-2H3. The molecule has 0 radical (unpaired) electrons. The van der Waals surface area contributed by atoms with Crippen molar-refractivity contribution in [3.63, 3.8) is 0 Å². The molecule has 1 rings (SSSR count). The van der Waals surface area contributed by atoms with Crippen molar-refractivity contribution < 1.29 is 13.2 Å². The van der Waals surface area contributed by atoms with E-state index in [0.717, 1.165) is 0 Å². The van der Waals surface area contributed by atoms with Crippen LogP contribution in [0.25, 0.3) is 0 Å². The molecule has 0 aliphatic heterocycles. The van der Waals surface area contributed by atoms with Gasteiger partial charge in [-0.3, -0.25) is 5.41 Å². The first-order valence-electron chi connectivity index (χ1n) is 4.76. The minimum atomic E-state index is -3.47. The van der Waals surface area contributed by atoms with Gasteiger partial charge in [0.15, 0.2) is 0 Å². The van der Waals surface area contributed by atoms with Gasteiger partial charge in [0.05, 0.1) is 11.5 Å². The van der Waals surface area contributed by atoms with E-state index in [2.05, 4.69) is 4.72 Å². The molecular formula is C10H14N2O3S. The lowest BCUT2D eigenvalue weighted by atomic mass is 10.2. The molecule has 6 heteroatoms. The van der Waals surface area contributed by atoms with Crippen LogP contribution in [0.15, 0.2) is 29.2 Å². The van der Waals surface area contributed by atoms with Gasteiger partial charge in [0, 0.05) is 5.56 Å². The van der Waals surface area contributed by atoms with Crippen LogP contribution >= 0.6 is 0 Å². The minimum Gasteiger partial charge on any atom is -0.478 e. The molecule has 0 fully saturated rings. The fourth-order valence-electron chi connectivity index (χ4n) is 1.15. The number of benzene rings is 1. The number of sulfonamides is 1. The fraction of sp³-hybridized carbons (Fsp3) is 0.300. The molecule has 0 saturated carbocycles. The zero-order valence-electron chi connectivity index (χ0n) is 9.15. The van der Waals surface area contributed by atoms with Gasteiger partial charge in [-0.2, -0.15) is 0 Å². The van der Waals surface area contributed by atoms with Crippen LogP contribution in [0, 0.1) is 5.41 Å². The van der Waals surface area contributed by atoms with Crippen molar-refractivity contribution in [2.24, 2.45) is 0 Å². The molecule has 88 valence electrons. The average molecular weight is 242 g/mol. The van der Waals surface area contributed by atoms with Crippen molar-refractivity contribution >= 4 is 15.9 Å². The van der Waals surface area contributed by atoms with E-state index >= 15 is 0 Å². The Morgan fingerprint density at radius 1 is 1.50 bits per heavy atom. The first-order chi connectivity index (χ1) is 7.51. The monoisotopic (exact) mass is 242 g/mol. The van der Waals surface area contributed by atoms with Crippen molar-refractivity contribution in [3.8, 4) is 0 Å². The predicted octanol–water partition coefficient (Wildman–Crippen LogP) is 0.957. The van der Waals surface area contributed by atoms with Crippen molar-refractivity contribution in [3.05, 3.63) is 29.8 Å². The minimum absolute atomic E-state index is 0.0318. The average Bonchev–Trinajstić information content (AvgIpc) is 2.29. The summed E-state index contributed by atoms with van der Waals surface area (Å²) in [5.74, 6) is -0.0318. The second-order valence-electron chi connectivity index (χ2n) is 3.00. The number of hydrogen-bond acceptors (Lipinski definition) is 4. The van der Waals surface area contributed by atoms with Gasteiger partial charge in [0.25, 0.3) is 0 Å². The van der Waals surface area contributed by atoms with Crippen LogP contribution in [0.4, 0.5) is 0 Å². The van der Waals surface area contributed by atoms with Gasteiger partial charge < -0.3 is 4.74 Å². The summed E-state index contributed by atoms with van der Waals surface area (Å²) >= 11 is 0. The van der Waals surface area contributed by atoms with E-state index in [9.17, 15) is 8.42 Å². The second kappa shape index (κ2) is 5.09. The summed E-state index contributed by atoms with van der Waals surface area (Å²) in [6.45, 7) is 2.14. The summed E-state index contributed by atoms with van der Waals surface area (Å²) in [7, 11) is -2.13. The van der Waals surface area contributed by atoms with E-state index < -0.39 is 10.0 Å². The summed E-state index contributed by atoms with van der Waals surface area (Å²) in [5, 5.41) is 7.55. The van der Waals surface area contributed by atoms with Crippen LogP contribution in [0.5, 0.6) is 0 Å². The van der Waals surface area contributed by atoms with Crippen molar-refractivity contribution in [2.45, 2.75) is 11.8 Å². The Morgan fingerprint density at radius 2 is 2.19 bits per heavy atom. The van der Waals surface area contributed by atoms with Crippen LogP contribution in [0.1, 0.15) is 12.5 Å². The third-order valence-electron chi connectivity index (χ3n) is 1.96. The van der Waals surface area contributed by atoms with Crippen molar-refractivity contribution in [1.82, 2.24) is 4.72 Å². The summed E-state index contributed by atoms with van der Waals surface area (Å²) < 4.78 is 30.2. The lowest BCUT2D eigenvalue weighted by Gasteiger charge is -2.07. The van der Waals surface area contributed by atoms with Gasteiger partial charge >= 0.3 is 0 Å². The highest BCUT2D eigenvalue weighted by Crippen LogP contribution is 2.11. The Balaban J connectivity index is 3.10. The maximum Gasteiger partial charge on any atom is 0.240 e. The van der Waals surface area contributed by atoms with E-state index in [1.54, 1.807) is 19.1 Å². The molecule has 0 saturated heterocycles. The SMILES string of the molecule is CCOC(=N)c1cccc(S(=O)(=O)NC)c1. The van der Waals surface area contributed by atoms with E-state index in [1.165, 1.54) is 19.2 Å². The van der Waals surface area contributed by atoms with Crippen molar-refractivity contribution in [2.75, 3.05) is 13.7 Å². The van der Waals surface area contributed by atoms with Gasteiger partial charge in [-0.25, -0.2) is 13.1 Å². The quantitative estimate of drug-likeness (QED) is 0.609. The molecule has 16 heavy (non-hydrogen) atoms. The maximum absolute atomic E-state index is 11.5. The number of hydrogen-bond donors (Lipinski definition) is 2. The van der Waals surface area contributed by atoms with E-state index in [0.29, 0.717) is 12.2 Å². The Kier molecular flexibility index (Phi) is 4.03. The predicted molar refractivity (Wildman–Crippen MR) is 61.1 cm³/mol. The largest absolute Gasteiger partial charge is 0.478 e. The molecule has 0 bridgehead atoms. The highest BCUT2D eigenvalue weighted by Gasteiger charge is 2.12. The molecule has 0 aliphatic rings. The molecule has 1 aromatic rings. The Hall–Kier alpha value is -1.40. The van der Waals surface area contributed by atoms with Crippen molar-refractivity contribution in [1.29, 1.82) is 5.41 Å². The zero-order chi connectivity index (χ0) is 12.2. The lowest BCUT2D eigenvalue weighted by Crippen LogP contribution is -2.19. The Bertz CT molecular complexity index is 483. The molecule has 0 heterocycles. The summed E-state index contributed by atoms with van der Waals surface area (Å²) in [6, 6.07) is 6.08. The normalized spacial score (nSPS) is 11.1. The molecular weight excluding hydrogens is 228 g/mol. The van der Waals surface area contributed by atoms with Gasteiger partial charge in [0.1, 0.15) is 0 Å². The molecule has 0 atom stereocenters. The van der Waals surface area contributed by atoms with Gasteiger partial charge in [-0.05, 0) is 32.2 Å². The number of rotatable bonds is 4. The molecule has 0 aliphatic carbocycles. The molecule has 2 N–H and O–H groups in total. The van der Waals surface area contributed by atoms with Crippen LogP contribution in [0.2, 0.25) is 0 Å². The van der Waals surface area contributed by atoms with Crippen LogP contribution < -0.4 is 4.72 Å². The van der Waals surface area contributed by atoms with Gasteiger partial charge in [-0.1, -0.05) is 6.07 Å². The zero-order valence-corrected chi connectivity index (χ0v) is 9.97. The Labute approximate surface area is 95.0 Å². The summed E-state index contributed by atoms with van der Waals surface area (Å²) in [6.07, 6.45) is 0. The number of nitrogens with one attached hydrogen (secondary N) is 2. The maximum atomic E-state index is 11.5. The Morgan fingerprint density at radius 3 is 2.75 bits per heavy atom. The van der Waals surface area contributed by atoms with Crippen LogP contribution in [0.3, 0.4) is 0 Å². The highest BCUT2D eigenvalue weighted by molar-refractivity contribution is 7.89. The molecule has 0 unspecified atom stereocenters. The first-order valence-corrected chi connectivity index (χ1v) is 6.25.